The van der Waals surface area contributed by atoms with Gasteiger partial charge in [-0.15, -0.1) is 0 Å². The Labute approximate surface area is 141 Å². The van der Waals surface area contributed by atoms with Gasteiger partial charge < -0.3 is 14.8 Å². The molecule has 7 heteroatoms. The summed E-state index contributed by atoms with van der Waals surface area (Å²) in [4.78, 5) is 18.9. The van der Waals surface area contributed by atoms with Crippen molar-refractivity contribution in [2.75, 3.05) is 32.8 Å². The number of ether oxygens (including phenoxy) is 2. The number of aromatic nitrogens is 1. The molecule has 0 bridgehead atoms. The first kappa shape index (κ1) is 16.5. The van der Waals surface area contributed by atoms with Crippen LogP contribution in [0.4, 0.5) is 0 Å². The molecule has 1 atom stereocenters. The van der Waals surface area contributed by atoms with Gasteiger partial charge in [0.05, 0.1) is 24.3 Å². The molecule has 1 N–H and O–H groups in total. The minimum Gasteiger partial charge on any atom is -0.478 e. The zero-order valence-corrected chi connectivity index (χ0v) is 14.0. The van der Waals surface area contributed by atoms with Crippen molar-refractivity contribution in [3.8, 4) is 5.88 Å². The van der Waals surface area contributed by atoms with Crippen molar-refractivity contribution < 1.29 is 14.3 Å². The fraction of sp³-hybridized carbons (Fsp3) is 0.625. The van der Waals surface area contributed by atoms with Crippen LogP contribution in [0.5, 0.6) is 5.88 Å². The summed E-state index contributed by atoms with van der Waals surface area (Å²) in [6.07, 6.45) is 2.58. The lowest BCUT2D eigenvalue weighted by atomic mass is 10.2. The van der Waals surface area contributed by atoms with Gasteiger partial charge in [0.1, 0.15) is 0 Å². The second-order valence-corrected chi connectivity index (χ2v) is 6.25. The number of morpholine rings is 1. The third kappa shape index (κ3) is 4.34. The van der Waals surface area contributed by atoms with Crippen molar-refractivity contribution in [3.63, 3.8) is 0 Å². The molecule has 1 aromatic rings. The van der Waals surface area contributed by atoms with Gasteiger partial charge in [-0.25, -0.2) is 4.98 Å². The van der Waals surface area contributed by atoms with Gasteiger partial charge in [0.15, 0.2) is 5.69 Å². The standard InChI is InChI=1S/C16H22ClN3O3/c1-2-22-14-6-5-13(17)15(19-14)16(21)18-9-12-10-20(7-8-23-12)11-3-4-11/h5-6,11-12H,2-4,7-10H2,1H3,(H,18,21). The van der Waals surface area contributed by atoms with Crippen LogP contribution in [0, 0.1) is 0 Å². The molecular formula is C16H22ClN3O3. The maximum Gasteiger partial charge on any atom is 0.271 e. The van der Waals surface area contributed by atoms with Gasteiger partial charge in [-0.3, -0.25) is 9.69 Å². The fourth-order valence-electron chi connectivity index (χ4n) is 2.74. The minimum absolute atomic E-state index is 0.0159. The molecule has 1 saturated carbocycles. The molecule has 1 aromatic heterocycles. The van der Waals surface area contributed by atoms with Crippen molar-refractivity contribution in [1.29, 1.82) is 0 Å². The number of carbonyl (C=O) groups excluding carboxylic acids is 1. The van der Waals surface area contributed by atoms with Crippen LogP contribution in [0.15, 0.2) is 12.1 Å². The predicted molar refractivity (Wildman–Crippen MR) is 87.1 cm³/mol. The summed E-state index contributed by atoms with van der Waals surface area (Å²) < 4.78 is 11.0. The first-order chi connectivity index (χ1) is 11.2. The van der Waals surface area contributed by atoms with E-state index < -0.39 is 0 Å². The van der Waals surface area contributed by atoms with E-state index >= 15 is 0 Å². The summed E-state index contributed by atoms with van der Waals surface area (Å²) in [5.74, 6) is 0.0968. The number of amides is 1. The molecular weight excluding hydrogens is 318 g/mol. The third-order valence-corrected chi connectivity index (χ3v) is 4.36. The molecule has 0 radical (unpaired) electrons. The summed E-state index contributed by atoms with van der Waals surface area (Å²) >= 11 is 6.07. The average Bonchev–Trinajstić information content (AvgIpc) is 3.40. The molecule has 1 amide bonds. The monoisotopic (exact) mass is 339 g/mol. The second kappa shape index (κ2) is 7.47. The third-order valence-electron chi connectivity index (χ3n) is 4.05. The Kier molecular flexibility index (Phi) is 5.35. The number of halogens is 1. The van der Waals surface area contributed by atoms with Crippen molar-refractivity contribution in [1.82, 2.24) is 15.2 Å². The highest BCUT2D eigenvalue weighted by Gasteiger charge is 2.33. The Balaban J connectivity index is 1.55. The van der Waals surface area contributed by atoms with Gasteiger partial charge in [0.2, 0.25) is 5.88 Å². The molecule has 1 unspecified atom stereocenters. The Morgan fingerprint density at radius 1 is 1.52 bits per heavy atom. The second-order valence-electron chi connectivity index (χ2n) is 5.84. The van der Waals surface area contributed by atoms with Gasteiger partial charge in [-0.1, -0.05) is 11.6 Å². The summed E-state index contributed by atoms with van der Waals surface area (Å²) in [5, 5.41) is 3.18. The van der Waals surface area contributed by atoms with Gasteiger partial charge in [0.25, 0.3) is 5.91 Å². The first-order valence-electron chi connectivity index (χ1n) is 8.10. The van der Waals surface area contributed by atoms with Gasteiger partial charge in [-0.2, -0.15) is 0 Å². The lowest BCUT2D eigenvalue weighted by Crippen LogP contribution is -2.48. The highest BCUT2D eigenvalue weighted by molar-refractivity contribution is 6.33. The van der Waals surface area contributed by atoms with Crippen LogP contribution < -0.4 is 10.1 Å². The largest absolute Gasteiger partial charge is 0.478 e. The molecule has 3 rings (SSSR count). The molecule has 0 aromatic carbocycles. The minimum atomic E-state index is -0.302. The molecule has 1 aliphatic heterocycles. The molecule has 23 heavy (non-hydrogen) atoms. The number of carbonyl (C=O) groups is 1. The van der Waals surface area contributed by atoms with Crippen LogP contribution in [0.25, 0.3) is 0 Å². The summed E-state index contributed by atoms with van der Waals surface area (Å²) in [6.45, 7) is 5.38. The molecule has 0 spiro atoms. The topological polar surface area (TPSA) is 63.7 Å². The molecule has 1 aliphatic carbocycles. The molecule has 126 valence electrons. The number of hydrogen-bond donors (Lipinski definition) is 1. The highest BCUT2D eigenvalue weighted by atomic mass is 35.5. The quantitative estimate of drug-likeness (QED) is 0.855. The van der Waals surface area contributed by atoms with E-state index in [4.69, 9.17) is 21.1 Å². The maximum absolute atomic E-state index is 12.3. The van der Waals surface area contributed by atoms with E-state index in [1.807, 2.05) is 6.92 Å². The lowest BCUT2D eigenvalue weighted by Gasteiger charge is -2.33. The van der Waals surface area contributed by atoms with Crippen molar-refractivity contribution >= 4 is 17.5 Å². The predicted octanol–water partition coefficient (Wildman–Crippen LogP) is 1.73. The van der Waals surface area contributed by atoms with E-state index in [0.717, 1.165) is 25.7 Å². The Bertz CT molecular complexity index is 566. The number of hydrogen-bond acceptors (Lipinski definition) is 5. The van der Waals surface area contributed by atoms with E-state index in [2.05, 4.69) is 15.2 Å². The van der Waals surface area contributed by atoms with Crippen LogP contribution in [0.2, 0.25) is 5.02 Å². The Morgan fingerprint density at radius 3 is 3.09 bits per heavy atom. The number of nitrogens with zero attached hydrogens (tertiary/aromatic N) is 2. The average molecular weight is 340 g/mol. The first-order valence-corrected chi connectivity index (χ1v) is 8.48. The molecule has 2 heterocycles. The van der Waals surface area contributed by atoms with Crippen LogP contribution in [0.1, 0.15) is 30.3 Å². The SMILES string of the molecule is CCOc1ccc(Cl)c(C(=O)NCC2CN(C3CC3)CCO2)n1. The molecule has 6 nitrogen and oxygen atoms in total. The van der Waals surface area contributed by atoms with E-state index in [1.54, 1.807) is 12.1 Å². The lowest BCUT2D eigenvalue weighted by molar-refractivity contribution is -0.0293. The van der Waals surface area contributed by atoms with Crippen molar-refractivity contribution in [2.45, 2.75) is 31.9 Å². The summed E-state index contributed by atoms with van der Waals surface area (Å²) in [7, 11) is 0. The van der Waals surface area contributed by atoms with Gasteiger partial charge in [0, 0.05) is 31.7 Å². The van der Waals surface area contributed by atoms with E-state index in [-0.39, 0.29) is 17.7 Å². The van der Waals surface area contributed by atoms with Gasteiger partial charge >= 0.3 is 0 Å². The van der Waals surface area contributed by atoms with Crippen LogP contribution in [0.3, 0.4) is 0 Å². The summed E-state index contributed by atoms with van der Waals surface area (Å²) in [5.41, 5.74) is 0.187. The highest BCUT2D eigenvalue weighted by Crippen LogP contribution is 2.28. The van der Waals surface area contributed by atoms with E-state index in [0.29, 0.717) is 24.1 Å². The fourth-order valence-corrected chi connectivity index (χ4v) is 2.93. The Hall–Kier alpha value is -1.37. The Morgan fingerprint density at radius 2 is 2.35 bits per heavy atom. The number of rotatable bonds is 6. The van der Waals surface area contributed by atoms with Crippen LogP contribution in [-0.2, 0) is 4.74 Å². The molecule has 1 saturated heterocycles. The zero-order chi connectivity index (χ0) is 16.2. The smallest absolute Gasteiger partial charge is 0.271 e. The number of pyridine rings is 1. The van der Waals surface area contributed by atoms with E-state index in [9.17, 15) is 4.79 Å². The van der Waals surface area contributed by atoms with Crippen LogP contribution >= 0.6 is 11.6 Å². The number of nitrogens with one attached hydrogen (secondary N) is 1. The van der Waals surface area contributed by atoms with Gasteiger partial charge in [-0.05, 0) is 25.8 Å². The maximum atomic E-state index is 12.3. The molecule has 2 aliphatic rings. The summed E-state index contributed by atoms with van der Waals surface area (Å²) in [6, 6.07) is 4.00. The van der Waals surface area contributed by atoms with Crippen LogP contribution in [-0.4, -0.2) is 60.8 Å². The normalized spacial score (nSPS) is 21.9. The van der Waals surface area contributed by atoms with E-state index in [1.165, 1.54) is 12.8 Å². The van der Waals surface area contributed by atoms with Crippen molar-refractivity contribution in [2.24, 2.45) is 0 Å². The molecule has 2 fully saturated rings. The zero-order valence-electron chi connectivity index (χ0n) is 13.3. The van der Waals surface area contributed by atoms with Crippen molar-refractivity contribution in [3.05, 3.63) is 22.8 Å².